The third-order valence-electron chi connectivity index (χ3n) is 3.22. The van der Waals surface area contributed by atoms with Crippen molar-refractivity contribution in [3.8, 4) is 10.8 Å². The third-order valence-corrected chi connectivity index (χ3v) is 4.38. The molecule has 0 fully saturated rings. The number of alkyl halides is 1. The van der Waals surface area contributed by atoms with Crippen LogP contribution in [-0.2, 0) is 11.3 Å². The van der Waals surface area contributed by atoms with Crippen LogP contribution in [0.4, 0.5) is 0 Å². The van der Waals surface area contributed by atoms with Crippen LogP contribution in [0.3, 0.4) is 0 Å². The van der Waals surface area contributed by atoms with Gasteiger partial charge < -0.3 is 4.42 Å². The first kappa shape index (κ1) is 13.7. The van der Waals surface area contributed by atoms with Crippen molar-refractivity contribution in [3.05, 3.63) is 40.9 Å². The minimum Gasteiger partial charge on any atom is -0.454 e. The molecular formula is C16H16ClNOS. The van der Waals surface area contributed by atoms with Crippen LogP contribution in [0.25, 0.3) is 21.7 Å². The fourth-order valence-electron chi connectivity index (χ4n) is 2.01. The summed E-state index contributed by atoms with van der Waals surface area (Å²) >= 11 is 7.49. The molecule has 0 atom stereocenters. The van der Waals surface area contributed by atoms with E-state index in [1.54, 1.807) is 11.3 Å². The number of aromatic nitrogens is 1. The van der Waals surface area contributed by atoms with Crippen LogP contribution in [0.15, 0.2) is 34.1 Å². The van der Waals surface area contributed by atoms with Gasteiger partial charge in [-0.3, -0.25) is 0 Å². The van der Waals surface area contributed by atoms with E-state index in [1.165, 1.54) is 0 Å². The molecule has 0 saturated heterocycles. The Kier molecular flexibility index (Phi) is 3.35. The molecule has 3 rings (SSSR count). The summed E-state index contributed by atoms with van der Waals surface area (Å²) in [6.45, 7) is 6.49. The molecular weight excluding hydrogens is 290 g/mol. The Morgan fingerprint density at radius 1 is 1.25 bits per heavy atom. The van der Waals surface area contributed by atoms with Gasteiger partial charge in [0.15, 0.2) is 10.8 Å². The third kappa shape index (κ3) is 2.48. The number of benzene rings is 1. The van der Waals surface area contributed by atoms with Crippen LogP contribution in [0.5, 0.6) is 0 Å². The van der Waals surface area contributed by atoms with Crippen molar-refractivity contribution < 1.29 is 4.42 Å². The van der Waals surface area contributed by atoms with Gasteiger partial charge in [0.2, 0.25) is 0 Å². The van der Waals surface area contributed by atoms with Gasteiger partial charge in [-0.1, -0.05) is 26.8 Å². The fraction of sp³-hybridized carbons (Fsp3) is 0.312. The molecule has 2 aromatic heterocycles. The molecule has 0 aliphatic rings. The summed E-state index contributed by atoms with van der Waals surface area (Å²) in [5, 5.41) is 4.11. The van der Waals surface area contributed by atoms with Gasteiger partial charge >= 0.3 is 0 Å². The molecule has 0 aliphatic heterocycles. The summed E-state index contributed by atoms with van der Waals surface area (Å²) in [4.78, 5) is 4.69. The van der Waals surface area contributed by atoms with E-state index in [0.29, 0.717) is 5.88 Å². The maximum atomic E-state index is 5.88. The standard InChI is InChI=1S/C16H16ClNOS/c1-16(2,3)14-9-20-15(18-14)13-7-11-6-10(8-17)4-5-12(11)19-13/h4-7,9H,8H2,1-3H3. The predicted octanol–water partition coefficient (Wildman–Crippen LogP) is 5.59. The highest BCUT2D eigenvalue weighted by molar-refractivity contribution is 7.13. The lowest BCUT2D eigenvalue weighted by Gasteiger charge is -2.13. The smallest absolute Gasteiger partial charge is 0.164 e. The summed E-state index contributed by atoms with van der Waals surface area (Å²) in [7, 11) is 0. The molecule has 4 heteroatoms. The van der Waals surface area contributed by atoms with Crippen LogP contribution >= 0.6 is 22.9 Å². The lowest BCUT2D eigenvalue weighted by atomic mass is 9.93. The predicted molar refractivity (Wildman–Crippen MR) is 85.6 cm³/mol. The van der Waals surface area contributed by atoms with Crippen LogP contribution in [-0.4, -0.2) is 4.98 Å². The molecule has 20 heavy (non-hydrogen) atoms. The van der Waals surface area contributed by atoms with Crippen molar-refractivity contribution in [1.82, 2.24) is 4.98 Å². The number of thiazole rings is 1. The Balaban J connectivity index is 2.04. The SMILES string of the molecule is CC(C)(C)c1csc(-c2cc3cc(CCl)ccc3o2)n1. The van der Waals surface area contributed by atoms with E-state index in [0.717, 1.165) is 33.0 Å². The molecule has 0 amide bonds. The van der Waals surface area contributed by atoms with Crippen molar-refractivity contribution in [1.29, 1.82) is 0 Å². The van der Waals surface area contributed by atoms with Gasteiger partial charge in [-0.25, -0.2) is 4.98 Å². The van der Waals surface area contributed by atoms with Crippen LogP contribution in [0.1, 0.15) is 32.0 Å². The van der Waals surface area contributed by atoms with Gasteiger partial charge in [0.1, 0.15) is 5.58 Å². The molecule has 0 spiro atoms. The maximum Gasteiger partial charge on any atom is 0.164 e. The van der Waals surface area contributed by atoms with E-state index in [9.17, 15) is 0 Å². The number of rotatable bonds is 2. The van der Waals surface area contributed by atoms with E-state index in [2.05, 4.69) is 37.2 Å². The van der Waals surface area contributed by atoms with Crippen LogP contribution in [0.2, 0.25) is 0 Å². The van der Waals surface area contributed by atoms with Gasteiger partial charge in [0, 0.05) is 22.1 Å². The van der Waals surface area contributed by atoms with Gasteiger partial charge in [-0.05, 0) is 23.8 Å². The normalized spacial score (nSPS) is 12.2. The molecule has 0 unspecified atom stereocenters. The summed E-state index contributed by atoms with van der Waals surface area (Å²) in [6, 6.07) is 8.06. The fourth-order valence-corrected chi connectivity index (χ4v) is 3.18. The second kappa shape index (κ2) is 4.90. The van der Waals surface area contributed by atoms with E-state index >= 15 is 0 Å². The number of furan rings is 1. The zero-order valence-electron chi connectivity index (χ0n) is 11.7. The summed E-state index contributed by atoms with van der Waals surface area (Å²) in [6.07, 6.45) is 0. The van der Waals surface area contributed by atoms with Gasteiger partial charge in [0.25, 0.3) is 0 Å². The first-order valence-electron chi connectivity index (χ1n) is 6.52. The van der Waals surface area contributed by atoms with Crippen molar-refractivity contribution in [2.24, 2.45) is 0 Å². The molecule has 2 nitrogen and oxygen atoms in total. The number of nitrogens with zero attached hydrogens (tertiary/aromatic N) is 1. The molecule has 0 bridgehead atoms. The molecule has 0 radical (unpaired) electrons. The van der Waals surface area contributed by atoms with Gasteiger partial charge in [-0.15, -0.1) is 22.9 Å². The molecule has 1 aromatic carbocycles. The average molecular weight is 306 g/mol. The minimum absolute atomic E-state index is 0.0621. The quantitative estimate of drug-likeness (QED) is 0.577. The van der Waals surface area contributed by atoms with Crippen molar-refractivity contribution in [2.75, 3.05) is 0 Å². The summed E-state index contributed by atoms with van der Waals surface area (Å²) in [5.74, 6) is 1.34. The van der Waals surface area contributed by atoms with Crippen LogP contribution < -0.4 is 0 Å². The Morgan fingerprint density at radius 3 is 2.70 bits per heavy atom. The highest BCUT2D eigenvalue weighted by Gasteiger charge is 2.19. The van der Waals surface area contributed by atoms with E-state index < -0.39 is 0 Å². The molecule has 0 saturated carbocycles. The second-order valence-corrected chi connectivity index (χ2v) is 7.03. The zero-order chi connectivity index (χ0) is 14.3. The highest BCUT2D eigenvalue weighted by Crippen LogP contribution is 2.33. The zero-order valence-corrected chi connectivity index (χ0v) is 13.3. The van der Waals surface area contributed by atoms with E-state index in [-0.39, 0.29) is 5.41 Å². The largest absolute Gasteiger partial charge is 0.454 e. The van der Waals surface area contributed by atoms with E-state index in [4.69, 9.17) is 16.0 Å². The Bertz CT molecular complexity index is 751. The van der Waals surface area contributed by atoms with Crippen molar-refractivity contribution in [2.45, 2.75) is 32.1 Å². The maximum absolute atomic E-state index is 5.88. The molecule has 0 aliphatic carbocycles. The lowest BCUT2D eigenvalue weighted by molar-refractivity contribution is 0.571. The first-order chi connectivity index (χ1) is 9.47. The first-order valence-corrected chi connectivity index (χ1v) is 7.93. The van der Waals surface area contributed by atoms with E-state index in [1.807, 2.05) is 18.2 Å². The second-order valence-electron chi connectivity index (χ2n) is 5.90. The number of hydrogen-bond donors (Lipinski definition) is 0. The highest BCUT2D eigenvalue weighted by atomic mass is 35.5. The molecule has 3 aromatic rings. The topological polar surface area (TPSA) is 26.0 Å². The van der Waals surface area contributed by atoms with Crippen molar-refractivity contribution >= 4 is 33.9 Å². The monoisotopic (exact) mass is 305 g/mol. The Morgan fingerprint density at radius 2 is 2.05 bits per heavy atom. The Labute approximate surface area is 127 Å². The number of hydrogen-bond acceptors (Lipinski definition) is 3. The number of fused-ring (bicyclic) bond motifs is 1. The summed E-state index contributed by atoms with van der Waals surface area (Å²) in [5.41, 5.74) is 3.13. The van der Waals surface area contributed by atoms with Crippen molar-refractivity contribution in [3.63, 3.8) is 0 Å². The van der Waals surface area contributed by atoms with Gasteiger partial charge in [0.05, 0.1) is 5.69 Å². The summed E-state index contributed by atoms with van der Waals surface area (Å²) < 4.78 is 5.88. The minimum atomic E-state index is 0.0621. The molecule has 2 heterocycles. The average Bonchev–Trinajstić information content (AvgIpc) is 3.03. The lowest BCUT2D eigenvalue weighted by Crippen LogP contribution is -2.11. The number of halogens is 1. The molecule has 104 valence electrons. The Hall–Kier alpha value is -1.32. The van der Waals surface area contributed by atoms with Crippen LogP contribution in [0, 0.1) is 0 Å². The van der Waals surface area contributed by atoms with Gasteiger partial charge in [-0.2, -0.15) is 0 Å². The molecule has 0 N–H and O–H groups in total.